The van der Waals surface area contributed by atoms with Gasteiger partial charge >= 0.3 is 0 Å². The zero-order valence-electron chi connectivity index (χ0n) is 13.0. The summed E-state index contributed by atoms with van der Waals surface area (Å²) in [6.07, 6.45) is 11.8. The number of thioether (sulfide) groups is 1. The molecule has 2 heterocycles. The highest BCUT2D eigenvalue weighted by Gasteiger charge is 2.29. The number of hydrogen-bond donors (Lipinski definition) is 0. The molecule has 1 saturated heterocycles. The van der Waals surface area contributed by atoms with E-state index in [0.717, 1.165) is 5.57 Å². The second-order valence-electron chi connectivity index (χ2n) is 5.10. The molecule has 6 heteroatoms. The van der Waals surface area contributed by atoms with Crippen molar-refractivity contribution in [3.05, 3.63) is 71.3 Å². The topological polar surface area (TPSA) is 23.6 Å². The van der Waals surface area contributed by atoms with E-state index >= 15 is 0 Å². The van der Waals surface area contributed by atoms with Crippen LogP contribution in [0.5, 0.6) is 0 Å². The largest absolute Gasteiger partial charge is 0.293 e. The Balaban J connectivity index is 1.78. The number of likely N-dealkylation sites (N-methyl/N-ethyl adjacent to an activating group) is 1. The first-order valence-electron chi connectivity index (χ1n) is 7.46. The summed E-state index contributed by atoms with van der Waals surface area (Å²) in [5.74, 6) is -0.00624. The van der Waals surface area contributed by atoms with Crippen molar-refractivity contribution in [3.8, 4) is 0 Å². The Labute approximate surface area is 165 Å². The number of anilines is 1. The maximum Gasteiger partial charge on any atom is 0.266 e. The molecule has 0 unspecified atom stereocenters. The van der Waals surface area contributed by atoms with E-state index in [-0.39, 0.29) is 5.91 Å². The number of para-hydroxylation sites is 1. The van der Waals surface area contributed by atoms with Gasteiger partial charge in [-0.1, -0.05) is 60.4 Å². The number of nitrogens with zero attached hydrogens (tertiary/aromatic N) is 2. The van der Waals surface area contributed by atoms with Crippen LogP contribution in [0.4, 0.5) is 5.69 Å². The Hall–Kier alpha value is -1.38. The van der Waals surface area contributed by atoms with E-state index in [1.807, 2.05) is 43.5 Å². The predicted molar refractivity (Wildman–Crippen MR) is 115 cm³/mol. The summed E-state index contributed by atoms with van der Waals surface area (Å²) in [5, 5.41) is 0. The molecule has 0 saturated carbocycles. The lowest BCUT2D eigenvalue weighted by molar-refractivity contribution is -0.122. The molecule has 1 aromatic carbocycles. The third-order valence-electron chi connectivity index (χ3n) is 3.65. The average Bonchev–Trinajstić information content (AvgIpc) is 2.87. The fourth-order valence-corrected chi connectivity index (χ4v) is 4.37. The van der Waals surface area contributed by atoms with Gasteiger partial charge in [0.25, 0.3) is 5.91 Å². The van der Waals surface area contributed by atoms with Crippen LogP contribution in [0.1, 0.15) is 12.5 Å². The Kier molecular flexibility index (Phi) is 5.57. The summed E-state index contributed by atoms with van der Waals surface area (Å²) in [5.41, 5.74) is 3.50. The molecule has 3 rings (SSSR count). The van der Waals surface area contributed by atoms with Crippen molar-refractivity contribution in [2.45, 2.75) is 6.92 Å². The van der Waals surface area contributed by atoms with Gasteiger partial charge < -0.3 is 0 Å². The molecule has 122 valence electrons. The molecular weight excluding hydrogens is 451 g/mol. The molecule has 0 aliphatic carbocycles. The van der Waals surface area contributed by atoms with Crippen LogP contribution in [0.15, 0.2) is 65.8 Å². The molecule has 1 aromatic rings. The molecule has 24 heavy (non-hydrogen) atoms. The van der Waals surface area contributed by atoms with Crippen molar-refractivity contribution in [1.29, 1.82) is 0 Å². The van der Waals surface area contributed by atoms with Gasteiger partial charge in [0.05, 0.1) is 33.5 Å². The number of carbonyl (C=O) groups is 1. The number of rotatable bonds is 3. The molecule has 1 amide bonds. The fraction of sp³-hybridized carbons (Fsp3) is 0.111. The molecule has 0 N–H and O–H groups in total. The van der Waals surface area contributed by atoms with Gasteiger partial charge in [-0.25, -0.2) is 0 Å². The Morgan fingerprint density at radius 2 is 2.00 bits per heavy atom. The van der Waals surface area contributed by atoms with Gasteiger partial charge in [0, 0.05) is 18.3 Å². The van der Waals surface area contributed by atoms with Gasteiger partial charge in [-0.15, -0.1) is 0 Å². The summed E-state index contributed by atoms with van der Waals surface area (Å²) in [6.45, 7) is 2.54. The van der Waals surface area contributed by atoms with E-state index in [2.05, 4.69) is 50.3 Å². The van der Waals surface area contributed by atoms with Crippen molar-refractivity contribution in [3.63, 3.8) is 0 Å². The molecular formula is C18H15IN2OS2. The fourth-order valence-electron chi connectivity index (χ4n) is 2.45. The summed E-state index contributed by atoms with van der Waals surface area (Å²) < 4.78 is 2.70. The first-order chi connectivity index (χ1) is 11.6. The monoisotopic (exact) mass is 466 g/mol. The Morgan fingerprint density at radius 1 is 1.25 bits per heavy atom. The summed E-state index contributed by atoms with van der Waals surface area (Å²) in [6, 6.07) is 8.28. The van der Waals surface area contributed by atoms with E-state index < -0.39 is 0 Å². The number of hydrogen-bond acceptors (Lipinski definition) is 4. The average molecular weight is 466 g/mol. The normalized spacial score (nSPS) is 20.8. The molecule has 0 spiro atoms. The lowest BCUT2D eigenvalue weighted by Gasteiger charge is -2.21. The van der Waals surface area contributed by atoms with Crippen molar-refractivity contribution < 1.29 is 4.79 Å². The van der Waals surface area contributed by atoms with Gasteiger partial charge in [-0.05, 0) is 30.7 Å². The minimum Gasteiger partial charge on any atom is -0.293 e. The van der Waals surface area contributed by atoms with Crippen LogP contribution in [0, 0.1) is 0 Å². The second kappa shape index (κ2) is 7.67. The summed E-state index contributed by atoms with van der Waals surface area (Å²) in [4.78, 5) is 14.4. The third kappa shape index (κ3) is 3.50. The van der Waals surface area contributed by atoms with Crippen molar-refractivity contribution in [1.82, 2.24) is 4.90 Å². The van der Waals surface area contributed by atoms with Crippen molar-refractivity contribution >= 4 is 68.3 Å². The smallest absolute Gasteiger partial charge is 0.266 e. The predicted octanol–water partition coefficient (Wildman–Crippen LogP) is 5.07. The Bertz CT molecular complexity index is 811. The van der Waals surface area contributed by atoms with E-state index in [9.17, 15) is 4.79 Å². The standard InChI is InChI=1S/C18H15IN2OS2/c1-2-20-17(22)16(24-18(20)23)10-6-3-7-13-11-12-21(19)15-9-5-4-8-14(13)15/h3-12H,2H2,1H3. The van der Waals surface area contributed by atoms with E-state index in [1.165, 1.54) is 23.0 Å². The van der Waals surface area contributed by atoms with Gasteiger partial charge in [0.15, 0.2) is 0 Å². The SMILES string of the molecule is CCN1C(=O)C(=CC=CC=C2C=CN(I)c3ccccc32)SC1=S. The molecule has 2 aliphatic rings. The number of carbonyl (C=O) groups excluding carboxylic acids is 1. The second-order valence-corrected chi connectivity index (χ2v) is 7.81. The summed E-state index contributed by atoms with van der Waals surface area (Å²) >= 11 is 8.84. The number of allylic oxidation sites excluding steroid dienone is 6. The van der Waals surface area contributed by atoms with Crippen LogP contribution in [0.3, 0.4) is 0 Å². The number of benzene rings is 1. The number of thiocarbonyl (C=S) groups is 1. The van der Waals surface area contributed by atoms with Crippen LogP contribution in [0.2, 0.25) is 0 Å². The first kappa shape index (κ1) is 17.4. The van der Waals surface area contributed by atoms with Crippen molar-refractivity contribution in [2.75, 3.05) is 9.66 Å². The van der Waals surface area contributed by atoms with Gasteiger partial charge in [0.1, 0.15) is 4.32 Å². The maximum absolute atomic E-state index is 12.1. The van der Waals surface area contributed by atoms with Crippen LogP contribution in [0.25, 0.3) is 5.57 Å². The van der Waals surface area contributed by atoms with Gasteiger partial charge in [-0.2, -0.15) is 0 Å². The minimum absolute atomic E-state index is 0.00624. The van der Waals surface area contributed by atoms with Crippen LogP contribution in [-0.4, -0.2) is 21.7 Å². The lowest BCUT2D eigenvalue weighted by atomic mass is 10.0. The van der Waals surface area contributed by atoms with E-state index in [0.29, 0.717) is 15.8 Å². The van der Waals surface area contributed by atoms with Crippen LogP contribution in [-0.2, 0) is 4.79 Å². The molecule has 3 nitrogen and oxygen atoms in total. The third-order valence-corrected chi connectivity index (χ3v) is 5.89. The molecule has 2 aliphatic heterocycles. The highest BCUT2D eigenvalue weighted by atomic mass is 127. The highest BCUT2D eigenvalue weighted by molar-refractivity contribution is 14.1. The number of halogens is 1. The molecule has 0 radical (unpaired) electrons. The van der Waals surface area contributed by atoms with Crippen LogP contribution >= 0.6 is 46.8 Å². The van der Waals surface area contributed by atoms with Crippen molar-refractivity contribution in [2.24, 2.45) is 0 Å². The van der Waals surface area contributed by atoms with Crippen LogP contribution < -0.4 is 3.11 Å². The zero-order chi connectivity index (χ0) is 17.1. The number of fused-ring (bicyclic) bond motifs is 1. The molecule has 1 fully saturated rings. The quantitative estimate of drug-likeness (QED) is 0.269. The van der Waals surface area contributed by atoms with E-state index in [4.69, 9.17) is 12.2 Å². The maximum atomic E-state index is 12.1. The number of amides is 1. The first-order valence-corrected chi connectivity index (χ1v) is 9.65. The molecule has 0 bridgehead atoms. The zero-order valence-corrected chi connectivity index (χ0v) is 16.8. The minimum atomic E-state index is -0.00624. The highest BCUT2D eigenvalue weighted by Crippen LogP contribution is 2.34. The summed E-state index contributed by atoms with van der Waals surface area (Å²) in [7, 11) is 0. The molecule has 0 atom stereocenters. The van der Waals surface area contributed by atoms with Gasteiger partial charge in [-0.3, -0.25) is 12.8 Å². The van der Waals surface area contributed by atoms with Gasteiger partial charge in [0.2, 0.25) is 0 Å². The molecule has 0 aromatic heterocycles. The lowest BCUT2D eigenvalue weighted by Crippen LogP contribution is -2.27. The Morgan fingerprint density at radius 3 is 2.75 bits per heavy atom. The van der Waals surface area contributed by atoms with E-state index in [1.54, 1.807) is 4.90 Å².